The van der Waals surface area contributed by atoms with E-state index in [1.165, 1.54) is 12.4 Å². The van der Waals surface area contributed by atoms with E-state index >= 15 is 0 Å². The number of para-hydroxylation sites is 1. The number of hydrogen-bond donors (Lipinski definition) is 1. The summed E-state index contributed by atoms with van der Waals surface area (Å²) in [4.78, 5) is 17.0. The Morgan fingerprint density at radius 3 is 2.77 bits per heavy atom. The molecule has 1 amide bonds. The molecule has 0 aliphatic carbocycles. The van der Waals surface area contributed by atoms with Crippen LogP contribution >= 0.6 is 0 Å². The van der Waals surface area contributed by atoms with Crippen LogP contribution in [0.4, 0.5) is 5.69 Å². The van der Waals surface area contributed by atoms with Crippen molar-refractivity contribution in [2.24, 2.45) is 0 Å². The third kappa shape index (κ3) is 4.67. The molecule has 0 bridgehead atoms. The van der Waals surface area contributed by atoms with E-state index in [0.29, 0.717) is 24.3 Å². The second kappa shape index (κ2) is 8.99. The third-order valence-electron chi connectivity index (χ3n) is 5.51. The molecule has 162 valence electrons. The number of anilines is 1. The number of nitrogens with zero attached hydrogens (tertiary/aromatic N) is 4. The van der Waals surface area contributed by atoms with E-state index in [0.717, 1.165) is 24.8 Å². The zero-order chi connectivity index (χ0) is 21.8. The van der Waals surface area contributed by atoms with Gasteiger partial charge in [-0.1, -0.05) is 30.7 Å². The number of piperidine rings is 1. The first-order valence-corrected chi connectivity index (χ1v) is 11.7. The van der Waals surface area contributed by atoms with Gasteiger partial charge in [-0.2, -0.15) is 9.40 Å². The van der Waals surface area contributed by atoms with Crippen molar-refractivity contribution in [3.8, 4) is 0 Å². The number of hydrogen-bond acceptors (Lipinski definition) is 5. The van der Waals surface area contributed by atoms with Gasteiger partial charge in [0.05, 0.1) is 11.4 Å². The second-order valence-corrected chi connectivity index (χ2v) is 9.58. The zero-order valence-corrected chi connectivity index (χ0v) is 18.1. The molecule has 1 aliphatic rings. The van der Waals surface area contributed by atoms with E-state index < -0.39 is 10.0 Å². The second-order valence-electron chi connectivity index (χ2n) is 7.69. The normalized spacial score (nSPS) is 17.4. The summed E-state index contributed by atoms with van der Waals surface area (Å²) < 4.78 is 29.5. The van der Waals surface area contributed by atoms with Crippen molar-refractivity contribution < 1.29 is 13.2 Å². The molecule has 31 heavy (non-hydrogen) atoms. The summed E-state index contributed by atoms with van der Waals surface area (Å²) in [5, 5.41) is 7.00. The predicted molar refractivity (Wildman–Crippen MR) is 117 cm³/mol. The van der Waals surface area contributed by atoms with Gasteiger partial charge in [-0.3, -0.25) is 4.79 Å². The maximum Gasteiger partial charge on any atom is 0.255 e. The lowest BCUT2D eigenvalue weighted by Gasteiger charge is -2.32. The Labute approximate surface area is 182 Å². The molecule has 9 heteroatoms. The average molecular weight is 440 g/mol. The first-order chi connectivity index (χ1) is 14.9. The molecule has 8 nitrogen and oxygen atoms in total. The number of carbonyl (C=O) groups excluding carboxylic acids is 1. The van der Waals surface area contributed by atoms with Crippen LogP contribution in [0.5, 0.6) is 0 Å². The monoisotopic (exact) mass is 439 g/mol. The Balaban J connectivity index is 1.56. The minimum atomic E-state index is -3.65. The Kier molecular flexibility index (Phi) is 6.15. The molecular weight excluding hydrogens is 414 g/mol. The largest absolute Gasteiger partial charge is 0.322 e. The van der Waals surface area contributed by atoms with Crippen molar-refractivity contribution in [2.75, 3.05) is 11.9 Å². The molecule has 0 saturated carbocycles. The summed E-state index contributed by atoms with van der Waals surface area (Å²) in [6.45, 7) is 2.90. The van der Waals surface area contributed by atoms with Crippen LogP contribution in [0.15, 0.2) is 66.1 Å². The fourth-order valence-electron chi connectivity index (χ4n) is 3.83. The molecule has 1 fully saturated rings. The molecule has 4 rings (SSSR count). The predicted octanol–water partition coefficient (Wildman–Crippen LogP) is 3.14. The smallest absolute Gasteiger partial charge is 0.255 e. The average Bonchev–Trinajstić information content (AvgIpc) is 3.28. The molecule has 1 aromatic heterocycles. The van der Waals surface area contributed by atoms with Crippen LogP contribution in [0.1, 0.15) is 42.1 Å². The van der Waals surface area contributed by atoms with Crippen LogP contribution in [-0.2, 0) is 16.6 Å². The van der Waals surface area contributed by atoms with Gasteiger partial charge in [0.15, 0.2) is 0 Å². The number of aromatic nitrogens is 3. The summed E-state index contributed by atoms with van der Waals surface area (Å²) in [5.41, 5.74) is 1.80. The van der Waals surface area contributed by atoms with Gasteiger partial charge in [0, 0.05) is 23.8 Å². The fraction of sp³-hybridized carbons (Fsp3) is 0.318. The number of nitrogens with one attached hydrogen (secondary N) is 1. The van der Waals surface area contributed by atoms with Gasteiger partial charge < -0.3 is 5.32 Å². The van der Waals surface area contributed by atoms with Crippen LogP contribution in [-0.4, -0.2) is 46.0 Å². The van der Waals surface area contributed by atoms with E-state index in [4.69, 9.17) is 0 Å². The van der Waals surface area contributed by atoms with E-state index in [1.807, 2.05) is 25.1 Å². The Morgan fingerprint density at radius 1 is 1.16 bits per heavy atom. The molecule has 1 N–H and O–H groups in total. The van der Waals surface area contributed by atoms with Crippen LogP contribution in [0.3, 0.4) is 0 Å². The van der Waals surface area contributed by atoms with Gasteiger partial charge in [-0.15, -0.1) is 0 Å². The molecule has 1 saturated heterocycles. The molecule has 2 aromatic carbocycles. The quantitative estimate of drug-likeness (QED) is 0.636. The van der Waals surface area contributed by atoms with Crippen molar-refractivity contribution in [1.82, 2.24) is 19.1 Å². The van der Waals surface area contributed by atoms with Gasteiger partial charge in [0.2, 0.25) is 10.0 Å². The molecule has 0 radical (unpaired) electrons. The van der Waals surface area contributed by atoms with Crippen molar-refractivity contribution in [3.63, 3.8) is 0 Å². The van der Waals surface area contributed by atoms with Gasteiger partial charge in [0.1, 0.15) is 12.7 Å². The summed E-state index contributed by atoms with van der Waals surface area (Å²) in [7, 11) is -3.65. The Hall–Kier alpha value is -3.04. The first kappa shape index (κ1) is 21.2. The van der Waals surface area contributed by atoms with E-state index in [9.17, 15) is 13.2 Å². The van der Waals surface area contributed by atoms with Crippen molar-refractivity contribution in [3.05, 3.63) is 72.3 Å². The topological polar surface area (TPSA) is 97.2 Å². The highest BCUT2D eigenvalue weighted by molar-refractivity contribution is 7.89. The van der Waals surface area contributed by atoms with E-state index in [2.05, 4.69) is 15.4 Å². The SMILES string of the molecule is CC1CCCCN1S(=O)(=O)c1cccc(C(=O)Nc2ccccc2Cn2cncn2)c1. The third-order valence-corrected chi connectivity index (χ3v) is 7.52. The molecule has 1 unspecified atom stereocenters. The van der Waals surface area contributed by atoms with E-state index in [-0.39, 0.29) is 16.8 Å². The Bertz CT molecular complexity index is 1160. The lowest BCUT2D eigenvalue weighted by atomic mass is 10.1. The number of carbonyl (C=O) groups is 1. The van der Waals surface area contributed by atoms with Gasteiger partial charge >= 0.3 is 0 Å². The van der Waals surface area contributed by atoms with Crippen LogP contribution in [0, 0.1) is 0 Å². The van der Waals surface area contributed by atoms with Gasteiger partial charge in [0.25, 0.3) is 5.91 Å². The standard InChI is InChI=1S/C22H25N5O3S/c1-17-7-4-5-12-27(17)31(29,30)20-10-6-9-18(13-20)22(28)25-21-11-3-2-8-19(21)14-26-16-23-15-24-26/h2-3,6,8-11,13,15-17H,4-5,7,12,14H2,1H3,(H,25,28). The van der Waals surface area contributed by atoms with Crippen molar-refractivity contribution in [2.45, 2.75) is 43.7 Å². The highest BCUT2D eigenvalue weighted by Crippen LogP contribution is 2.26. The van der Waals surface area contributed by atoms with Crippen LogP contribution in [0.25, 0.3) is 0 Å². The minimum absolute atomic E-state index is 0.0418. The fourth-order valence-corrected chi connectivity index (χ4v) is 5.57. The highest BCUT2D eigenvalue weighted by atomic mass is 32.2. The number of amides is 1. The molecule has 3 aromatic rings. The number of rotatable bonds is 6. The zero-order valence-electron chi connectivity index (χ0n) is 17.3. The van der Waals surface area contributed by atoms with E-state index in [1.54, 1.807) is 39.6 Å². The van der Waals surface area contributed by atoms with Crippen LogP contribution < -0.4 is 5.32 Å². The van der Waals surface area contributed by atoms with Crippen molar-refractivity contribution >= 4 is 21.6 Å². The molecular formula is C22H25N5O3S. The van der Waals surface area contributed by atoms with Gasteiger partial charge in [-0.25, -0.2) is 18.1 Å². The first-order valence-electron chi connectivity index (χ1n) is 10.3. The maximum atomic E-state index is 13.1. The summed E-state index contributed by atoms with van der Waals surface area (Å²) in [5.74, 6) is -0.366. The molecule has 0 spiro atoms. The lowest BCUT2D eigenvalue weighted by Crippen LogP contribution is -2.41. The number of sulfonamides is 1. The van der Waals surface area contributed by atoms with Crippen molar-refractivity contribution in [1.29, 1.82) is 0 Å². The van der Waals surface area contributed by atoms with Gasteiger partial charge in [-0.05, 0) is 49.6 Å². The minimum Gasteiger partial charge on any atom is -0.322 e. The summed E-state index contributed by atoms with van der Waals surface area (Å²) in [6.07, 6.45) is 5.79. The maximum absolute atomic E-state index is 13.1. The Morgan fingerprint density at radius 2 is 2.00 bits per heavy atom. The summed E-state index contributed by atoms with van der Waals surface area (Å²) in [6, 6.07) is 13.6. The highest BCUT2D eigenvalue weighted by Gasteiger charge is 2.31. The number of benzene rings is 2. The lowest BCUT2D eigenvalue weighted by molar-refractivity contribution is 0.102. The molecule has 2 heterocycles. The summed E-state index contributed by atoms with van der Waals surface area (Å²) >= 11 is 0. The van der Waals surface area contributed by atoms with Crippen LogP contribution in [0.2, 0.25) is 0 Å². The molecule has 1 atom stereocenters. The molecule has 1 aliphatic heterocycles.